The van der Waals surface area contributed by atoms with Gasteiger partial charge in [0.15, 0.2) is 10.1 Å². The quantitative estimate of drug-likeness (QED) is 0.428. The minimum absolute atomic E-state index is 0.171. The zero-order chi connectivity index (χ0) is 22.1. The van der Waals surface area contributed by atoms with E-state index in [1.165, 1.54) is 27.6 Å². The van der Waals surface area contributed by atoms with Crippen LogP contribution in [0.25, 0.3) is 4.96 Å². The van der Waals surface area contributed by atoms with Crippen LogP contribution < -0.4 is 4.90 Å². The maximum absolute atomic E-state index is 13.9. The summed E-state index contributed by atoms with van der Waals surface area (Å²) >= 11 is 2.88. The fraction of sp³-hybridized carbons (Fsp3) is 0.273. The van der Waals surface area contributed by atoms with Crippen molar-refractivity contribution >= 4 is 50.6 Å². The molecule has 5 rings (SSSR count). The Bertz CT molecular complexity index is 1240. The van der Waals surface area contributed by atoms with Gasteiger partial charge in [0.25, 0.3) is 5.91 Å². The SMILES string of the molecule is Cc1nc2sccn2c1N(C(=O)C1CCCN1C(=O)OCc1ccccc1)c1nccs1. The van der Waals surface area contributed by atoms with Crippen molar-refractivity contribution in [1.29, 1.82) is 0 Å². The molecule has 164 valence electrons. The number of benzene rings is 1. The molecule has 0 radical (unpaired) electrons. The molecule has 0 N–H and O–H groups in total. The van der Waals surface area contributed by atoms with Gasteiger partial charge >= 0.3 is 6.09 Å². The highest BCUT2D eigenvalue weighted by atomic mass is 32.1. The number of aromatic nitrogens is 3. The molecule has 32 heavy (non-hydrogen) atoms. The molecule has 0 aliphatic carbocycles. The Balaban J connectivity index is 1.42. The number of nitrogens with zero attached hydrogens (tertiary/aromatic N) is 5. The number of carbonyl (C=O) groups is 2. The molecule has 2 amide bonds. The van der Waals surface area contributed by atoms with Crippen LogP contribution in [0.2, 0.25) is 0 Å². The number of anilines is 2. The highest BCUT2D eigenvalue weighted by Gasteiger charge is 2.40. The first-order valence-corrected chi connectivity index (χ1v) is 12.0. The van der Waals surface area contributed by atoms with Gasteiger partial charge < -0.3 is 4.74 Å². The van der Waals surface area contributed by atoms with Crippen molar-refractivity contribution in [2.24, 2.45) is 0 Å². The van der Waals surface area contributed by atoms with Crippen molar-refractivity contribution < 1.29 is 14.3 Å². The number of hydrogen-bond donors (Lipinski definition) is 0. The maximum Gasteiger partial charge on any atom is 0.410 e. The lowest BCUT2D eigenvalue weighted by Crippen LogP contribution is -2.47. The van der Waals surface area contributed by atoms with E-state index in [1.54, 1.807) is 11.1 Å². The molecule has 10 heteroatoms. The number of imidazole rings is 1. The second-order valence-corrected chi connectivity index (χ2v) is 9.20. The molecule has 3 aromatic heterocycles. The largest absolute Gasteiger partial charge is 0.445 e. The van der Waals surface area contributed by atoms with Crippen LogP contribution in [0.4, 0.5) is 15.7 Å². The first-order chi connectivity index (χ1) is 15.6. The third kappa shape index (κ3) is 3.76. The second kappa shape index (κ2) is 8.71. The van der Waals surface area contributed by atoms with E-state index in [2.05, 4.69) is 9.97 Å². The normalized spacial score (nSPS) is 15.9. The fourth-order valence-electron chi connectivity index (χ4n) is 3.96. The fourth-order valence-corrected chi connectivity index (χ4v) is 5.36. The highest BCUT2D eigenvalue weighted by molar-refractivity contribution is 7.15. The van der Waals surface area contributed by atoms with Crippen LogP contribution >= 0.6 is 22.7 Å². The molecule has 1 aliphatic rings. The van der Waals surface area contributed by atoms with Crippen LogP contribution in [0, 0.1) is 6.92 Å². The molecule has 8 nitrogen and oxygen atoms in total. The second-order valence-electron chi connectivity index (χ2n) is 7.46. The summed E-state index contributed by atoms with van der Waals surface area (Å²) in [5, 5.41) is 4.31. The molecular weight excluding hydrogens is 446 g/mol. The molecule has 1 saturated heterocycles. The molecule has 1 aromatic carbocycles. The number of hydrogen-bond acceptors (Lipinski definition) is 7. The van der Waals surface area contributed by atoms with Gasteiger partial charge in [-0.05, 0) is 25.3 Å². The Labute approximate surface area is 192 Å². The van der Waals surface area contributed by atoms with E-state index in [-0.39, 0.29) is 12.5 Å². The molecule has 0 spiro atoms. The summed E-state index contributed by atoms with van der Waals surface area (Å²) in [5.41, 5.74) is 1.64. The number of ether oxygens (including phenoxy) is 1. The van der Waals surface area contributed by atoms with Gasteiger partial charge in [0.2, 0.25) is 0 Å². The van der Waals surface area contributed by atoms with Crippen molar-refractivity contribution in [3.63, 3.8) is 0 Å². The zero-order valence-electron chi connectivity index (χ0n) is 17.4. The van der Waals surface area contributed by atoms with Crippen LogP contribution in [0.5, 0.6) is 0 Å². The number of thiazole rings is 2. The topological polar surface area (TPSA) is 80.0 Å². The summed E-state index contributed by atoms with van der Waals surface area (Å²) in [4.78, 5) is 39.6. The molecule has 0 saturated carbocycles. The molecule has 1 aliphatic heterocycles. The van der Waals surface area contributed by atoms with Crippen molar-refractivity contribution in [2.75, 3.05) is 11.4 Å². The van der Waals surface area contributed by atoms with Gasteiger partial charge in [0, 0.05) is 29.7 Å². The van der Waals surface area contributed by atoms with E-state index in [1.807, 2.05) is 58.6 Å². The Morgan fingerprint density at radius 3 is 2.84 bits per heavy atom. The molecule has 1 fully saturated rings. The number of fused-ring (bicyclic) bond motifs is 1. The molecule has 4 aromatic rings. The van der Waals surface area contributed by atoms with Gasteiger partial charge in [-0.25, -0.2) is 19.7 Å². The number of rotatable bonds is 5. The average molecular weight is 468 g/mol. The number of aryl methyl sites for hydroxylation is 1. The summed E-state index contributed by atoms with van der Waals surface area (Å²) < 4.78 is 7.42. The summed E-state index contributed by atoms with van der Waals surface area (Å²) in [7, 11) is 0. The van der Waals surface area contributed by atoms with Crippen LogP contribution in [-0.4, -0.2) is 43.9 Å². The predicted octanol–water partition coefficient (Wildman–Crippen LogP) is 4.63. The van der Waals surface area contributed by atoms with Gasteiger partial charge in [0.05, 0.1) is 5.69 Å². The van der Waals surface area contributed by atoms with Crippen molar-refractivity contribution in [2.45, 2.75) is 32.4 Å². The van der Waals surface area contributed by atoms with Crippen molar-refractivity contribution in [3.8, 4) is 0 Å². The van der Waals surface area contributed by atoms with Crippen LogP contribution in [0.3, 0.4) is 0 Å². The Morgan fingerprint density at radius 1 is 1.22 bits per heavy atom. The highest BCUT2D eigenvalue weighted by Crippen LogP contribution is 2.35. The number of amides is 2. The van der Waals surface area contributed by atoms with E-state index in [4.69, 9.17) is 4.74 Å². The summed E-state index contributed by atoms with van der Waals surface area (Å²) in [5.74, 6) is 0.455. The third-order valence-electron chi connectivity index (χ3n) is 5.42. The van der Waals surface area contributed by atoms with E-state index in [0.717, 1.165) is 22.6 Å². The minimum atomic E-state index is -0.620. The Morgan fingerprint density at radius 2 is 2.06 bits per heavy atom. The summed E-state index contributed by atoms with van der Waals surface area (Å²) in [6.45, 7) is 2.53. The lowest BCUT2D eigenvalue weighted by atomic mass is 10.2. The zero-order valence-corrected chi connectivity index (χ0v) is 19.0. The predicted molar refractivity (Wildman–Crippen MR) is 123 cm³/mol. The summed E-state index contributed by atoms with van der Waals surface area (Å²) in [6, 6.07) is 8.89. The van der Waals surface area contributed by atoms with Crippen LogP contribution in [0.1, 0.15) is 24.1 Å². The smallest absolute Gasteiger partial charge is 0.410 e. The van der Waals surface area contributed by atoms with E-state index >= 15 is 0 Å². The lowest BCUT2D eigenvalue weighted by molar-refractivity contribution is -0.121. The van der Waals surface area contributed by atoms with Crippen molar-refractivity contribution in [3.05, 3.63) is 64.7 Å². The molecule has 1 unspecified atom stereocenters. The van der Waals surface area contributed by atoms with Gasteiger partial charge in [-0.3, -0.25) is 14.1 Å². The minimum Gasteiger partial charge on any atom is -0.445 e. The third-order valence-corrected chi connectivity index (χ3v) is 6.94. The first-order valence-electron chi connectivity index (χ1n) is 10.3. The van der Waals surface area contributed by atoms with E-state index < -0.39 is 12.1 Å². The number of carbonyl (C=O) groups excluding carboxylic acids is 2. The van der Waals surface area contributed by atoms with Gasteiger partial charge in [-0.15, -0.1) is 22.7 Å². The van der Waals surface area contributed by atoms with Crippen LogP contribution in [-0.2, 0) is 16.1 Å². The summed E-state index contributed by atoms with van der Waals surface area (Å²) in [6.07, 6.45) is 4.40. The lowest BCUT2D eigenvalue weighted by Gasteiger charge is -2.28. The van der Waals surface area contributed by atoms with Gasteiger partial charge in [-0.1, -0.05) is 30.3 Å². The number of likely N-dealkylation sites (tertiary alicyclic amines) is 1. The van der Waals surface area contributed by atoms with Gasteiger partial charge in [-0.2, -0.15) is 0 Å². The van der Waals surface area contributed by atoms with Gasteiger partial charge in [0.1, 0.15) is 18.5 Å². The first kappa shape index (κ1) is 20.7. The van der Waals surface area contributed by atoms with E-state index in [0.29, 0.717) is 23.9 Å². The molecule has 0 bridgehead atoms. The standard InChI is InChI=1S/C22H21N5O3S2/c1-15-18(26-11-13-32-21(26)24-15)27(20-23-9-12-31-20)19(28)17-8-5-10-25(17)22(29)30-14-16-6-3-2-4-7-16/h2-4,6-7,9,11-13,17H,5,8,10,14H2,1H3. The molecule has 1 atom stereocenters. The monoisotopic (exact) mass is 467 g/mol. The molecule has 4 heterocycles. The Kier molecular flexibility index (Phi) is 5.62. The van der Waals surface area contributed by atoms with Crippen LogP contribution in [0.15, 0.2) is 53.5 Å². The van der Waals surface area contributed by atoms with Crippen molar-refractivity contribution in [1.82, 2.24) is 19.3 Å². The average Bonchev–Trinajstić information content (AvgIpc) is 3.59. The molecular formula is C22H21N5O3S2. The maximum atomic E-state index is 13.9. The Hall–Kier alpha value is -3.24. The van der Waals surface area contributed by atoms with E-state index in [9.17, 15) is 9.59 Å².